The molecule has 0 spiro atoms. The largest absolute Gasteiger partial charge is 0.507 e. The van der Waals surface area contributed by atoms with Crippen molar-refractivity contribution < 1.29 is 39.4 Å². The third kappa shape index (κ3) is 3.42. The van der Waals surface area contributed by atoms with E-state index in [4.69, 9.17) is 13.9 Å². The van der Waals surface area contributed by atoms with Crippen molar-refractivity contribution in [3.8, 4) is 22.8 Å². The Labute approximate surface area is 170 Å². The Morgan fingerprint density at radius 2 is 1.67 bits per heavy atom. The highest BCUT2D eigenvalue weighted by molar-refractivity contribution is 5.86. The van der Waals surface area contributed by atoms with E-state index in [1.807, 2.05) is 0 Å². The standard InChI is InChI=1S/C21H20O9/c22-9-13-15(24)17(26)18(27)21(29-13)30-20-16(25)14-11(23)7-4-8-12(14)28-19(20)10-5-2-1-3-6-10/h1-8,13,15,17-18,21-24,26-27H,9H2/t13-,15-,17+,18-,21-/m1/s1. The van der Waals surface area contributed by atoms with Crippen molar-refractivity contribution >= 4 is 11.0 Å². The van der Waals surface area contributed by atoms with Gasteiger partial charge in [0.05, 0.1) is 6.61 Å². The summed E-state index contributed by atoms with van der Waals surface area (Å²) in [5, 5.41) is 49.6. The van der Waals surface area contributed by atoms with Gasteiger partial charge in [0, 0.05) is 5.56 Å². The number of aromatic hydroxyl groups is 1. The van der Waals surface area contributed by atoms with Crippen LogP contribution >= 0.6 is 0 Å². The predicted octanol–water partition coefficient (Wildman–Crippen LogP) is 0.344. The van der Waals surface area contributed by atoms with Crippen molar-refractivity contribution in [3.05, 3.63) is 58.8 Å². The Morgan fingerprint density at radius 1 is 0.933 bits per heavy atom. The molecule has 158 valence electrons. The van der Waals surface area contributed by atoms with Crippen LogP contribution in [0, 0.1) is 0 Å². The minimum absolute atomic E-state index is 0.0238. The van der Waals surface area contributed by atoms with Gasteiger partial charge >= 0.3 is 0 Å². The van der Waals surface area contributed by atoms with Crippen LogP contribution in [0.5, 0.6) is 11.5 Å². The third-order valence-electron chi connectivity index (χ3n) is 4.97. The normalized spacial score (nSPS) is 26.6. The molecule has 4 rings (SSSR count). The van der Waals surface area contributed by atoms with Gasteiger partial charge in [0.1, 0.15) is 41.1 Å². The van der Waals surface area contributed by atoms with E-state index in [1.54, 1.807) is 30.3 Å². The molecule has 3 aromatic rings. The number of aliphatic hydroxyl groups excluding tert-OH is 4. The fourth-order valence-electron chi connectivity index (χ4n) is 3.37. The average molecular weight is 416 g/mol. The molecule has 2 heterocycles. The number of aliphatic hydroxyl groups is 4. The van der Waals surface area contributed by atoms with Crippen LogP contribution in [0.2, 0.25) is 0 Å². The molecule has 1 saturated heterocycles. The molecule has 0 aliphatic carbocycles. The molecule has 1 aromatic heterocycles. The molecular weight excluding hydrogens is 396 g/mol. The molecule has 30 heavy (non-hydrogen) atoms. The molecule has 1 aliphatic heterocycles. The summed E-state index contributed by atoms with van der Waals surface area (Å²) >= 11 is 0. The highest BCUT2D eigenvalue weighted by Crippen LogP contribution is 2.35. The number of rotatable bonds is 4. The van der Waals surface area contributed by atoms with Gasteiger partial charge in [0.25, 0.3) is 0 Å². The highest BCUT2D eigenvalue weighted by Gasteiger charge is 2.45. The molecule has 9 nitrogen and oxygen atoms in total. The molecule has 0 unspecified atom stereocenters. The van der Waals surface area contributed by atoms with Crippen LogP contribution in [-0.2, 0) is 4.74 Å². The van der Waals surface area contributed by atoms with E-state index in [0.717, 1.165) is 0 Å². The van der Waals surface area contributed by atoms with E-state index in [2.05, 4.69) is 0 Å². The SMILES string of the molecule is O=c1c(O[C@H]2O[C@H](CO)[C@@H](O)[C@H](O)[C@H]2O)c(-c2ccccc2)oc2cccc(O)c12. The number of phenolic OH excluding ortho intramolecular Hbond substituents is 1. The lowest BCUT2D eigenvalue weighted by atomic mass is 9.99. The van der Waals surface area contributed by atoms with Crippen LogP contribution in [0.25, 0.3) is 22.3 Å². The maximum atomic E-state index is 13.2. The third-order valence-corrected chi connectivity index (χ3v) is 4.97. The van der Waals surface area contributed by atoms with Gasteiger partial charge in [0.2, 0.25) is 17.5 Å². The molecule has 1 fully saturated rings. The van der Waals surface area contributed by atoms with Gasteiger partial charge in [-0.05, 0) is 12.1 Å². The van der Waals surface area contributed by atoms with E-state index in [1.165, 1.54) is 18.2 Å². The smallest absolute Gasteiger partial charge is 0.239 e. The Bertz CT molecular complexity index is 1090. The lowest BCUT2D eigenvalue weighted by Gasteiger charge is -2.39. The number of hydrogen-bond acceptors (Lipinski definition) is 9. The van der Waals surface area contributed by atoms with E-state index in [0.29, 0.717) is 5.56 Å². The molecule has 5 atom stereocenters. The minimum Gasteiger partial charge on any atom is -0.507 e. The predicted molar refractivity (Wildman–Crippen MR) is 104 cm³/mol. The van der Waals surface area contributed by atoms with E-state index < -0.39 is 42.7 Å². The summed E-state index contributed by atoms with van der Waals surface area (Å²) in [4.78, 5) is 13.2. The second kappa shape index (κ2) is 8.05. The van der Waals surface area contributed by atoms with E-state index >= 15 is 0 Å². The van der Waals surface area contributed by atoms with Crippen LogP contribution in [0.15, 0.2) is 57.7 Å². The molecule has 0 radical (unpaired) electrons. The first-order chi connectivity index (χ1) is 14.4. The topological polar surface area (TPSA) is 150 Å². The molecule has 2 aromatic carbocycles. The first-order valence-electron chi connectivity index (χ1n) is 9.23. The number of ether oxygens (including phenoxy) is 2. The zero-order valence-corrected chi connectivity index (χ0v) is 15.6. The summed E-state index contributed by atoms with van der Waals surface area (Å²) in [6.45, 7) is -0.649. The van der Waals surface area contributed by atoms with Gasteiger partial charge in [-0.25, -0.2) is 0 Å². The lowest BCUT2D eigenvalue weighted by Crippen LogP contribution is -2.60. The molecule has 9 heteroatoms. The van der Waals surface area contributed by atoms with Crippen LogP contribution in [-0.4, -0.2) is 62.8 Å². The summed E-state index contributed by atoms with van der Waals surface area (Å²) in [5.41, 5.74) is -0.107. The van der Waals surface area contributed by atoms with Gasteiger partial charge in [-0.1, -0.05) is 36.4 Å². The highest BCUT2D eigenvalue weighted by atomic mass is 16.7. The number of benzene rings is 2. The number of fused-ring (bicyclic) bond motifs is 1. The minimum atomic E-state index is -1.72. The summed E-state index contributed by atoms with van der Waals surface area (Å²) in [6.07, 6.45) is -7.77. The fourth-order valence-corrected chi connectivity index (χ4v) is 3.37. The second-order valence-corrected chi connectivity index (χ2v) is 6.92. The van der Waals surface area contributed by atoms with Crippen LogP contribution in [0.1, 0.15) is 0 Å². The van der Waals surface area contributed by atoms with Crippen molar-refractivity contribution in [2.75, 3.05) is 6.61 Å². The van der Waals surface area contributed by atoms with Gasteiger partial charge in [-0.3, -0.25) is 4.79 Å². The number of phenols is 1. The Morgan fingerprint density at radius 3 is 2.37 bits per heavy atom. The maximum Gasteiger partial charge on any atom is 0.239 e. The van der Waals surface area contributed by atoms with Crippen LogP contribution in [0.4, 0.5) is 0 Å². The van der Waals surface area contributed by atoms with Crippen LogP contribution < -0.4 is 10.2 Å². The van der Waals surface area contributed by atoms with Gasteiger partial charge in [-0.2, -0.15) is 0 Å². The summed E-state index contributed by atoms with van der Waals surface area (Å²) in [6, 6.07) is 12.9. The molecule has 1 aliphatic rings. The zero-order chi connectivity index (χ0) is 21.4. The Kier molecular flexibility index (Phi) is 5.46. The molecular formula is C21H20O9. The Balaban J connectivity index is 1.86. The van der Waals surface area contributed by atoms with Crippen molar-refractivity contribution in [3.63, 3.8) is 0 Å². The lowest BCUT2D eigenvalue weighted by molar-refractivity contribution is -0.277. The zero-order valence-electron chi connectivity index (χ0n) is 15.6. The molecule has 0 bridgehead atoms. The van der Waals surface area contributed by atoms with Crippen molar-refractivity contribution in [2.24, 2.45) is 0 Å². The van der Waals surface area contributed by atoms with Crippen molar-refractivity contribution in [2.45, 2.75) is 30.7 Å². The average Bonchev–Trinajstić information content (AvgIpc) is 2.76. The second-order valence-electron chi connectivity index (χ2n) is 6.92. The van der Waals surface area contributed by atoms with Gasteiger partial charge in [-0.15, -0.1) is 0 Å². The molecule has 5 N–H and O–H groups in total. The van der Waals surface area contributed by atoms with Gasteiger partial charge in [0.15, 0.2) is 5.76 Å². The monoisotopic (exact) mass is 416 g/mol. The molecule has 0 amide bonds. The summed E-state index contributed by atoms with van der Waals surface area (Å²) < 4.78 is 16.8. The van der Waals surface area contributed by atoms with E-state index in [9.17, 15) is 30.3 Å². The quantitative estimate of drug-likeness (QED) is 0.406. The number of hydrogen-bond donors (Lipinski definition) is 5. The van der Waals surface area contributed by atoms with E-state index in [-0.39, 0.29) is 28.2 Å². The van der Waals surface area contributed by atoms with Crippen molar-refractivity contribution in [1.29, 1.82) is 0 Å². The van der Waals surface area contributed by atoms with Crippen molar-refractivity contribution in [1.82, 2.24) is 0 Å². The summed E-state index contributed by atoms with van der Waals surface area (Å²) in [5.74, 6) is -0.658. The Hall–Kier alpha value is -2.95. The first-order valence-corrected chi connectivity index (χ1v) is 9.23. The van der Waals surface area contributed by atoms with Crippen LogP contribution in [0.3, 0.4) is 0 Å². The first kappa shape index (κ1) is 20.3. The summed E-state index contributed by atoms with van der Waals surface area (Å²) in [7, 11) is 0. The maximum absolute atomic E-state index is 13.2. The molecule has 0 saturated carbocycles. The fraction of sp³-hybridized carbons (Fsp3) is 0.286. The van der Waals surface area contributed by atoms with Gasteiger partial charge < -0.3 is 39.4 Å².